The number of amides is 1. The molecule has 1 amide bonds. The highest BCUT2D eigenvalue weighted by Crippen LogP contribution is 2.35. The number of carboxylic acid groups (broad SMARTS) is 1. The molecule has 1 aromatic carbocycles. The number of hydrogen-bond acceptors (Lipinski definition) is 5. The first-order valence-electron chi connectivity index (χ1n) is 8.43. The largest absolute Gasteiger partial charge is 0.481 e. The van der Waals surface area contributed by atoms with E-state index in [4.69, 9.17) is 14.2 Å². The van der Waals surface area contributed by atoms with Gasteiger partial charge in [0.1, 0.15) is 0 Å². The summed E-state index contributed by atoms with van der Waals surface area (Å²) in [5.74, 6) is 0.397. The molecule has 7 heteroatoms. The van der Waals surface area contributed by atoms with Crippen LogP contribution in [-0.2, 0) is 20.7 Å². The fourth-order valence-electron chi connectivity index (χ4n) is 3.46. The smallest absolute Gasteiger partial charge is 0.311 e. The second kappa shape index (κ2) is 7.31. The fourth-order valence-corrected chi connectivity index (χ4v) is 3.46. The Kier molecular flexibility index (Phi) is 5.13. The van der Waals surface area contributed by atoms with Crippen molar-refractivity contribution < 1.29 is 28.9 Å². The summed E-state index contributed by atoms with van der Waals surface area (Å²) in [6.07, 6.45) is 1.88. The molecule has 0 bridgehead atoms. The van der Waals surface area contributed by atoms with E-state index >= 15 is 0 Å². The van der Waals surface area contributed by atoms with Crippen LogP contribution in [0.15, 0.2) is 18.2 Å². The van der Waals surface area contributed by atoms with Crippen LogP contribution in [0.4, 0.5) is 0 Å². The van der Waals surface area contributed by atoms with Crippen LogP contribution < -0.4 is 9.47 Å². The summed E-state index contributed by atoms with van der Waals surface area (Å²) >= 11 is 0. The van der Waals surface area contributed by atoms with Gasteiger partial charge in [0.05, 0.1) is 11.8 Å². The van der Waals surface area contributed by atoms with Gasteiger partial charge >= 0.3 is 5.97 Å². The van der Waals surface area contributed by atoms with Gasteiger partial charge in [-0.3, -0.25) is 9.59 Å². The molecule has 2 aliphatic rings. The Labute approximate surface area is 146 Å². The molecule has 1 aromatic rings. The molecule has 25 heavy (non-hydrogen) atoms. The molecule has 3 rings (SSSR count). The molecule has 1 atom stereocenters. The normalized spacial score (nSPS) is 22.0. The Bertz CT molecular complexity index is 661. The Morgan fingerprint density at radius 3 is 2.88 bits per heavy atom. The zero-order valence-corrected chi connectivity index (χ0v) is 14.3. The third kappa shape index (κ3) is 3.71. The molecular formula is C18H23NO6. The highest BCUT2D eigenvalue weighted by Gasteiger charge is 2.43. The Balaban J connectivity index is 1.68. The molecule has 0 radical (unpaired) electrons. The molecule has 1 fully saturated rings. The van der Waals surface area contributed by atoms with Crippen molar-refractivity contribution in [3.8, 4) is 11.5 Å². The molecule has 1 saturated heterocycles. The number of benzene rings is 1. The van der Waals surface area contributed by atoms with Crippen LogP contribution in [0.3, 0.4) is 0 Å². The molecule has 0 aliphatic carbocycles. The van der Waals surface area contributed by atoms with E-state index in [1.54, 1.807) is 24.1 Å². The fraction of sp³-hybridized carbons (Fsp3) is 0.556. The minimum absolute atomic E-state index is 0.0680. The summed E-state index contributed by atoms with van der Waals surface area (Å²) in [6.45, 7) is 1.39. The number of nitrogens with zero attached hydrogens (tertiary/aromatic N) is 1. The van der Waals surface area contributed by atoms with Gasteiger partial charge in [-0.25, -0.2) is 0 Å². The molecule has 1 N–H and O–H groups in total. The number of hydrogen-bond donors (Lipinski definition) is 1. The van der Waals surface area contributed by atoms with E-state index < -0.39 is 11.4 Å². The van der Waals surface area contributed by atoms with E-state index in [0.717, 1.165) is 5.56 Å². The van der Waals surface area contributed by atoms with Crippen molar-refractivity contribution >= 4 is 11.9 Å². The average Bonchev–Trinajstić information content (AvgIpc) is 3.07. The molecule has 0 spiro atoms. The number of methoxy groups -OCH3 is 1. The van der Waals surface area contributed by atoms with Crippen molar-refractivity contribution in [2.24, 2.45) is 5.41 Å². The second-order valence-electron chi connectivity index (χ2n) is 6.61. The maximum Gasteiger partial charge on any atom is 0.311 e. The number of rotatable bonds is 6. The maximum absolute atomic E-state index is 12.7. The molecule has 0 aromatic heterocycles. The SMILES string of the molecule is COCC[C@]1(C(=O)O)CCCN(C(=O)Cc2ccc3c(c2)OCO3)C1. The van der Waals surface area contributed by atoms with Gasteiger partial charge in [-0.05, 0) is 37.0 Å². The van der Waals surface area contributed by atoms with E-state index in [1.807, 2.05) is 6.07 Å². The topological polar surface area (TPSA) is 85.3 Å². The Morgan fingerprint density at radius 2 is 2.12 bits per heavy atom. The van der Waals surface area contributed by atoms with Crippen molar-refractivity contribution in [2.75, 3.05) is 33.6 Å². The number of ether oxygens (including phenoxy) is 3. The standard InChI is InChI=1S/C18H23NO6/c1-23-8-6-18(17(21)22)5-2-7-19(11-18)16(20)10-13-3-4-14-15(9-13)25-12-24-14/h3-4,9H,2,5-8,10-12H2,1H3,(H,21,22)/t18-/m1/s1. The van der Waals surface area contributed by atoms with Crippen LogP contribution in [0, 0.1) is 5.41 Å². The number of fused-ring (bicyclic) bond motifs is 1. The number of carbonyl (C=O) groups excluding carboxylic acids is 1. The molecule has 2 aliphatic heterocycles. The molecule has 0 unspecified atom stereocenters. The van der Waals surface area contributed by atoms with Crippen molar-refractivity contribution in [1.29, 1.82) is 0 Å². The predicted molar refractivity (Wildman–Crippen MR) is 88.6 cm³/mol. The average molecular weight is 349 g/mol. The summed E-state index contributed by atoms with van der Waals surface area (Å²) in [4.78, 5) is 26.2. The first-order chi connectivity index (χ1) is 12.0. The van der Waals surface area contributed by atoms with E-state index in [2.05, 4.69) is 0 Å². The molecule has 136 valence electrons. The molecule has 7 nitrogen and oxygen atoms in total. The predicted octanol–water partition coefficient (Wildman–Crippen LogP) is 1.69. The summed E-state index contributed by atoms with van der Waals surface area (Å²) in [5, 5.41) is 9.69. The quantitative estimate of drug-likeness (QED) is 0.841. The van der Waals surface area contributed by atoms with E-state index in [9.17, 15) is 14.7 Å². The lowest BCUT2D eigenvalue weighted by Crippen LogP contribution is -2.50. The van der Waals surface area contributed by atoms with E-state index in [0.29, 0.717) is 43.9 Å². The van der Waals surface area contributed by atoms with Crippen LogP contribution in [0.1, 0.15) is 24.8 Å². The summed E-state index contributed by atoms with van der Waals surface area (Å²) in [6, 6.07) is 5.44. The van der Waals surface area contributed by atoms with Gasteiger partial charge in [-0.15, -0.1) is 0 Å². The number of carbonyl (C=O) groups is 2. The van der Waals surface area contributed by atoms with E-state index in [-0.39, 0.29) is 25.7 Å². The van der Waals surface area contributed by atoms with Gasteiger partial charge in [0.25, 0.3) is 0 Å². The number of carboxylic acids is 1. The molecule has 2 heterocycles. The van der Waals surface area contributed by atoms with Gasteiger partial charge in [-0.2, -0.15) is 0 Å². The van der Waals surface area contributed by atoms with Crippen molar-refractivity contribution in [3.05, 3.63) is 23.8 Å². The molecule has 0 saturated carbocycles. The molecular weight excluding hydrogens is 326 g/mol. The van der Waals surface area contributed by atoms with Gasteiger partial charge < -0.3 is 24.2 Å². The monoisotopic (exact) mass is 349 g/mol. The third-order valence-electron chi connectivity index (χ3n) is 4.96. The van der Waals surface area contributed by atoms with Crippen molar-refractivity contribution in [1.82, 2.24) is 4.90 Å². The van der Waals surface area contributed by atoms with Crippen molar-refractivity contribution in [2.45, 2.75) is 25.7 Å². The van der Waals surface area contributed by atoms with Crippen molar-refractivity contribution in [3.63, 3.8) is 0 Å². The van der Waals surface area contributed by atoms with E-state index in [1.165, 1.54) is 0 Å². The van der Waals surface area contributed by atoms with Gasteiger partial charge in [-0.1, -0.05) is 6.07 Å². The van der Waals surface area contributed by atoms with Crippen LogP contribution in [0.2, 0.25) is 0 Å². The van der Waals surface area contributed by atoms with Gasteiger partial charge in [0.15, 0.2) is 11.5 Å². The minimum atomic E-state index is -0.918. The first kappa shape index (κ1) is 17.5. The highest BCUT2D eigenvalue weighted by molar-refractivity contribution is 5.81. The lowest BCUT2D eigenvalue weighted by atomic mass is 9.77. The number of likely N-dealkylation sites (tertiary alicyclic amines) is 1. The maximum atomic E-state index is 12.7. The zero-order valence-electron chi connectivity index (χ0n) is 14.3. The third-order valence-corrected chi connectivity index (χ3v) is 4.96. The Hall–Kier alpha value is -2.28. The minimum Gasteiger partial charge on any atom is -0.481 e. The number of aliphatic carboxylic acids is 1. The summed E-state index contributed by atoms with van der Waals surface area (Å²) in [7, 11) is 1.56. The van der Waals surface area contributed by atoms with Gasteiger partial charge in [0, 0.05) is 26.8 Å². The van der Waals surface area contributed by atoms with Crippen LogP contribution in [0.5, 0.6) is 11.5 Å². The van der Waals surface area contributed by atoms with Crippen LogP contribution >= 0.6 is 0 Å². The summed E-state index contributed by atoms with van der Waals surface area (Å²) < 4.78 is 15.7. The second-order valence-corrected chi connectivity index (χ2v) is 6.61. The highest BCUT2D eigenvalue weighted by atomic mass is 16.7. The Morgan fingerprint density at radius 1 is 1.32 bits per heavy atom. The van der Waals surface area contributed by atoms with Crippen LogP contribution in [-0.4, -0.2) is 55.5 Å². The van der Waals surface area contributed by atoms with Crippen LogP contribution in [0.25, 0.3) is 0 Å². The number of piperidine rings is 1. The summed E-state index contributed by atoms with van der Waals surface area (Å²) in [5.41, 5.74) is -0.0867. The zero-order chi connectivity index (χ0) is 17.9. The lowest BCUT2D eigenvalue weighted by molar-refractivity contribution is -0.156. The lowest BCUT2D eigenvalue weighted by Gasteiger charge is -2.40. The first-order valence-corrected chi connectivity index (χ1v) is 8.43. The van der Waals surface area contributed by atoms with Gasteiger partial charge in [0.2, 0.25) is 12.7 Å².